The fourth-order valence-electron chi connectivity index (χ4n) is 4.33. The van der Waals surface area contributed by atoms with Crippen molar-refractivity contribution in [3.8, 4) is 17.3 Å². The van der Waals surface area contributed by atoms with Crippen molar-refractivity contribution in [2.75, 3.05) is 36.4 Å². The zero-order chi connectivity index (χ0) is 21.8. The predicted octanol–water partition coefficient (Wildman–Crippen LogP) is 3.74. The van der Waals surface area contributed by atoms with E-state index in [4.69, 9.17) is 0 Å². The lowest BCUT2D eigenvalue weighted by atomic mass is 10.1. The highest BCUT2D eigenvalue weighted by Gasteiger charge is 2.18. The number of hydrogen-bond acceptors (Lipinski definition) is 8. The molecule has 2 aliphatic rings. The molecule has 8 nitrogen and oxygen atoms in total. The molecule has 0 aliphatic carbocycles. The number of hydrogen-bond donors (Lipinski definition) is 1. The Balaban J connectivity index is 1.30. The Morgan fingerprint density at radius 3 is 2.50 bits per heavy atom. The average molecular weight is 427 g/mol. The van der Waals surface area contributed by atoms with E-state index >= 15 is 0 Å². The maximum absolute atomic E-state index is 9.64. The molecule has 32 heavy (non-hydrogen) atoms. The van der Waals surface area contributed by atoms with Crippen molar-refractivity contribution in [3.63, 3.8) is 0 Å². The number of likely N-dealkylation sites (tertiary alicyclic amines) is 1. The zero-order valence-corrected chi connectivity index (χ0v) is 18.0. The normalized spacial score (nSPS) is 16.3. The van der Waals surface area contributed by atoms with Crippen molar-refractivity contribution in [3.05, 3.63) is 54.1 Å². The SMILES string of the molecule is N#Cc1cc(-c2ccnc(Nc3ccc(CN4CCCC4)nc3)n2)cnc1N1CCCC1. The lowest BCUT2D eigenvalue weighted by Crippen LogP contribution is -2.20. The number of nitrogens with zero attached hydrogens (tertiary/aromatic N) is 7. The Morgan fingerprint density at radius 2 is 1.75 bits per heavy atom. The quantitative estimate of drug-likeness (QED) is 0.637. The minimum atomic E-state index is 0.485. The van der Waals surface area contributed by atoms with Crippen LogP contribution in [0.3, 0.4) is 0 Å². The Labute approximate surface area is 188 Å². The highest BCUT2D eigenvalue weighted by molar-refractivity contribution is 5.67. The second-order valence-electron chi connectivity index (χ2n) is 8.31. The standard InChI is InChI=1S/C24H26N8/c25-14-18-13-19(15-28-23(18)32-11-3-4-12-32)22-7-8-26-24(30-22)29-20-5-6-21(27-16-20)17-31-9-1-2-10-31/h5-8,13,15-16H,1-4,9-12,17H2,(H,26,29,30). The summed E-state index contributed by atoms with van der Waals surface area (Å²) in [7, 11) is 0. The van der Waals surface area contributed by atoms with Crippen LogP contribution in [0.25, 0.3) is 11.3 Å². The van der Waals surface area contributed by atoms with Gasteiger partial charge in [0.15, 0.2) is 0 Å². The van der Waals surface area contributed by atoms with Gasteiger partial charge < -0.3 is 10.2 Å². The van der Waals surface area contributed by atoms with Gasteiger partial charge in [-0.2, -0.15) is 5.26 Å². The molecule has 2 aliphatic heterocycles. The van der Waals surface area contributed by atoms with Gasteiger partial charge in [0.1, 0.15) is 11.9 Å². The number of aromatic nitrogens is 4. The molecular weight excluding hydrogens is 400 g/mol. The van der Waals surface area contributed by atoms with Crippen molar-refractivity contribution in [1.82, 2.24) is 24.8 Å². The Hall–Kier alpha value is -3.57. The first-order valence-corrected chi connectivity index (χ1v) is 11.2. The second-order valence-corrected chi connectivity index (χ2v) is 8.31. The predicted molar refractivity (Wildman–Crippen MR) is 123 cm³/mol. The molecule has 0 unspecified atom stereocenters. The first-order valence-electron chi connectivity index (χ1n) is 11.2. The largest absolute Gasteiger partial charge is 0.356 e. The van der Waals surface area contributed by atoms with Gasteiger partial charge in [-0.3, -0.25) is 9.88 Å². The molecule has 0 spiro atoms. The average Bonchev–Trinajstić information content (AvgIpc) is 3.55. The van der Waals surface area contributed by atoms with Crippen LogP contribution < -0.4 is 10.2 Å². The summed E-state index contributed by atoms with van der Waals surface area (Å²) in [5.41, 5.74) is 4.01. The molecule has 1 N–H and O–H groups in total. The van der Waals surface area contributed by atoms with E-state index < -0.39 is 0 Å². The summed E-state index contributed by atoms with van der Waals surface area (Å²) in [6.45, 7) is 5.11. The molecule has 2 saturated heterocycles. The van der Waals surface area contributed by atoms with Crippen LogP contribution in [0.2, 0.25) is 0 Å². The zero-order valence-electron chi connectivity index (χ0n) is 18.0. The Morgan fingerprint density at radius 1 is 0.938 bits per heavy atom. The lowest BCUT2D eigenvalue weighted by molar-refractivity contribution is 0.327. The Kier molecular flexibility index (Phi) is 5.90. The molecule has 162 valence electrons. The van der Waals surface area contributed by atoms with Crippen LogP contribution in [-0.2, 0) is 6.54 Å². The number of nitrogens with one attached hydrogen (secondary N) is 1. The van der Waals surface area contributed by atoms with Crippen LogP contribution in [0, 0.1) is 11.3 Å². The summed E-state index contributed by atoms with van der Waals surface area (Å²) in [5.74, 6) is 1.25. The number of pyridine rings is 2. The van der Waals surface area contributed by atoms with Gasteiger partial charge in [0, 0.05) is 37.6 Å². The highest BCUT2D eigenvalue weighted by atomic mass is 15.2. The van der Waals surface area contributed by atoms with Crippen molar-refractivity contribution < 1.29 is 0 Å². The molecule has 5 heterocycles. The van der Waals surface area contributed by atoms with Gasteiger partial charge in [0.05, 0.1) is 28.8 Å². The number of nitriles is 1. The maximum atomic E-state index is 9.64. The first-order chi connectivity index (χ1) is 15.8. The molecule has 5 rings (SSSR count). The van der Waals surface area contributed by atoms with Crippen LogP contribution in [0.15, 0.2) is 42.9 Å². The van der Waals surface area contributed by atoms with E-state index in [1.807, 2.05) is 30.5 Å². The van der Waals surface area contributed by atoms with Gasteiger partial charge in [0.2, 0.25) is 5.95 Å². The molecule has 3 aromatic rings. The lowest BCUT2D eigenvalue weighted by Gasteiger charge is -2.18. The third kappa shape index (κ3) is 4.53. The van der Waals surface area contributed by atoms with Crippen molar-refractivity contribution in [2.45, 2.75) is 32.2 Å². The van der Waals surface area contributed by atoms with Gasteiger partial charge in [-0.15, -0.1) is 0 Å². The molecule has 0 bridgehead atoms. The summed E-state index contributed by atoms with van der Waals surface area (Å²) in [5, 5.41) is 12.9. The topological polar surface area (TPSA) is 93.9 Å². The molecule has 0 atom stereocenters. The van der Waals surface area contributed by atoms with E-state index in [9.17, 15) is 5.26 Å². The second kappa shape index (κ2) is 9.28. The fraction of sp³-hybridized carbons (Fsp3) is 0.375. The molecule has 0 amide bonds. The van der Waals surface area contributed by atoms with Crippen LogP contribution in [0.1, 0.15) is 36.9 Å². The third-order valence-electron chi connectivity index (χ3n) is 6.01. The van der Waals surface area contributed by atoms with Crippen LogP contribution in [0.4, 0.5) is 17.5 Å². The van der Waals surface area contributed by atoms with Crippen LogP contribution in [-0.4, -0.2) is 51.0 Å². The Bertz CT molecular complexity index is 1110. The van der Waals surface area contributed by atoms with Crippen LogP contribution >= 0.6 is 0 Å². The maximum Gasteiger partial charge on any atom is 0.227 e. The van der Waals surface area contributed by atoms with E-state index in [1.165, 1.54) is 12.8 Å². The first kappa shape index (κ1) is 20.3. The molecule has 0 saturated carbocycles. The van der Waals surface area contributed by atoms with Crippen molar-refractivity contribution in [2.24, 2.45) is 0 Å². The van der Waals surface area contributed by atoms with E-state index in [0.717, 1.165) is 74.0 Å². The highest BCUT2D eigenvalue weighted by Crippen LogP contribution is 2.26. The van der Waals surface area contributed by atoms with E-state index in [-0.39, 0.29) is 0 Å². The molecule has 2 fully saturated rings. The molecule has 0 radical (unpaired) electrons. The van der Waals surface area contributed by atoms with Crippen LogP contribution in [0.5, 0.6) is 0 Å². The summed E-state index contributed by atoms with van der Waals surface area (Å²) < 4.78 is 0. The van der Waals surface area contributed by atoms with Gasteiger partial charge in [0.25, 0.3) is 0 Å². The fourth-order valence-corrected chi connectivity index (χ4v) is 4.33. The summed E-state index contributed by atoms with van der Waals surface area (Å²) in [6, 6.07) is 10.0. The van der Waals surface area contributed by atoms with Gasteiger partial charge >= 0.3 is 0 Å². The van der Waals surface area contributed by atoms with Gasteiger partial charge in [-0.25, -0.2) is 15.0 Å². The van der Waals surface area contributed by atoms with Gasteiger partial charge in [-0.1, -0.05) is 0 Å². The number of anilines is 3. The summed E-state index contributed by atoms with van der Waals surface area (Å²) in [4.78, 5) is 22.7. The minimum absolute atomic E-state index is 0.485. The summed E-state index contributed by atoms with van der Waals surface area (Å²) in [6.07, 6.45) is 10.2. The van der Waals surface area contributed by atoms with Gasteiger partial charge in [-0.05, 0) is 63.0 Å². The van der Waals surface area contributed by atoms with E-state index in [1.54, 1.807) is 12.4 Å². The van der Waals surface area contributed by atoms with E-state index in [0.29, 0.717) is 11.5 Å². The third-order valence-corrected chi connectivity index (χ3v) is 6.01. The van der Waals surface area contributed by atoms with Crippen molar-refractivity contribution >= 4 is 17.5 Å². The molecule has 3 aromatic heterocycles. The molecule has 8 heteroatoms. The smallest absolute Gasteiger partial charge is 0.227 e. The van der Waals surface area contributed by atoms with E-state index in [2.05, 4.69) is 41.1 Å². The monoisotopic (exact) mass is 426 g/mol. The minimum Gasteiger partial charge on any atom is -0.356 e. The molecular formula is C24H26N8. The summed E-state index contributed by atoms with van der Waals surface area (Å²) >= 11 is 0. The number of rotatable bonds is 6. The van der Waals surface area contributed by atoms with Crippen molar-refractivity contribution in [1.29, 1.82) is 5.26 Å². The molecule has 0 aromatic carbocycles.